The average molecular weight is 325 g/mol. The van der Waals surface area contributed by atoms with Gasteiger partial charge in [0.1, 0.15) is 0 Å². The number of carbonyl (C=O) groups is 2. The van der Waals surface area contributed by atoms with Crippen molar-refractivity contribution in [3.05, 3.63) is 65.2 Å². The van der Waals surface area contributed by atoms with Crippen LogP contribution >= 0.6 is 0 Å². The van der Waals surface area contributed by atoms with E-state index in [4.69, 9.17) is 4.74 Å². The number of carbonyl (C=O) groups excluding carboxylic acids is 2. The minimum absolute atomic E-state index is 0.251. The number of benzene rings is 2. The number of anilines is 1. The molecule has 5 nitrogen and oxygen atoms in total. The maximum Gasteiger partial charge on any atom is 0.338 e. The molecule has 0 bridgehead atoms. The highest BCUT2D eigenvalue weighted by Gasteiger charge is 2.47. The molecule has 1 amide bonds. The molecule has 0 fully saturated rings. The van der Waals surface area contributed by atoms with Gasteiger partial charge in [-0.1, -0.05) is 25.1 Å². The van der Waals surface area contributed by atoms with Gasteiger partial charge in [-0.2, -0.15) is 0 Å². The number of hydrogen-bond donors (Lipinski definition) is 1. The normalized spacial score (nSPS) is 19.3. The zero-order valence-electron chi connectivity index (χ0n) is 13.7. The molecule has 0 saturated carbocycles. The predicted octanol–water partition coefficient (Wildman–Crippen LogP) is 3.08. The molecule has 0 radical (unpaired) electrons. The topological polar surface area (TPSA) is 66.8 Å². The Labute approximate surface area is 140 Å². The summed E-state index contributed by atoms with van der Waals surface area (Å²) in [5.41, 5.74) is 0.653. The van der Waals surface area contributed by atoms with Crippen LogP contribution in [0.4, 0.5) is 5.69 Å². The number of hydrogen-bond acceptors (Lipinski definition) is 4. The van der Waals surface area contributed by atoms with Crippen LogP contribution in [0.15, 0.2) is 48.5 Å². The van der Waals surface area contributed by atoms with Crippen LogP contribution in [-0.4, -0.2) is 23.6 Å². The molecule has 124 valence electrons. The fourth-order valence-electron chi connectivity index (χ4n) is 3.07. The van der Waals surface area contributed by atoms with E-state index in [0.717, 1.165) is 0 Å². The fourth-order valence-corrected chi connectivity index (χ4v) is 3.07. The van der Waals surface area contributed by atoms with Crippen LogP contribution in [0.5, 0.6) is 0 Å². The first kappa shape index (κ1) is 16.2. The van der Waals surface area contributed by atoms with Crippen LogP contribution < -0.4 is 4.90 Å². The SMILES string of the molecule is CCOC(=O)c1ccc(N2C(=O)c3ccccc3C2(O)CC)cc1. The van der Waals surface area contributed by atoms with Crippen LogP contribution in [0.1, 0.15) is 46.5 Å². The molecule has 0 aromatic heterocycles. The summed E-state index contributed by atoms with van der Waals surface area (Å²) in [5, 5.41) is 11.1. The molecule has 1 aliphatic heterocycles. The first-order chi connectivity index (χ1) is 11.5. The maximum absolute atomic E-state index is 12.8. The van der Waals surface area contributed by atoms with Gasteiger partial charge < -0.3 is 9.84 Å². The standard InChI is InChI=1S/C19H19NO4/c1-3-19(23)16-8-6-5-7-15(16)17(21)20(19)14-11-9-13(10-12-14)18(22)24-4-2/h5-12,23H,3-4H2,1-2H3. The Morgan fingerprint density at radius 2 is 1.79 bits per heavy atom. The molecule has 24 heavy (non-hydrogen) atoms. The minimum atomic E-state index is -1.39. The predicted molar refractivity (Wildman–Crippen MR) is 89.8 cm³/mol. The third kappa shape index (κ3) is 2.37. The smallest absolute Gasteiger partial charge is 0.338 e. The van der Waals surface area contributed by atoms with Crippen LogP contribution in [-0.2, 0) is 10.5 Å². The summed E-state index contributed by atoms with van der Waals surface area (Å²) in [7, 11) is 0. The quantitative estimate of drug-likeness (QED) is 0.877. The zero-order valence-corrected chi connectivity index (χ0v) is 13.7. The Hall–Kier alpha value is -2.66. The third-order valence-electron chi connectivity index (χ3n) is 4.29. The fraction of sp³-hybridized carbons (Fsp3) is 0.263. The van der Waals surface area contributed by atoms with E-state index >= 15 is 0 Å². The third-order valence-corrected chi connectivity index (χ3v) is 4.29. The Kier molecular flexibility index (Phi) is 4.11. The Morgan fingerprint density at radius 3 is 2.42 bits per heavy atom. The lowest BCUT2D eigenvalue weighted by molar-refractivity contribution is 0.0358. The van der Waals surface area contributed by atoms with Crippen LogP contribution in [0, 0.1) is 0 Å². The second-order valence-corrected chi connectivity index (χ2v) is 5.62. The summed E-state index contributed by atoms with van der Waals surface area (Å²) in [4.78, 5) is 25.9. The van der Waals surface area contributed by atoms with E-state index in [2.05, 4.69) is 0 Å². The van der Waals surface area contributed by atoms with E-state index in [-0.39, 0.29) is 5.91 Å². The van der Waals surface area contributed by atoms with Crippen LogP contribution in [0.3, 0.4) is 0 Å². The van der Waals surface area contributed by atoms with Gasteiger partial charge in [0.05, 0.1) is 12.2 Å². The van der Waals surface area contributed by atoms with Gasteiger partial charge in [-0.05, 0) is 43.7 Å². The van der Waals surface area contributed by atoms with Crippen molar-refractivity contribution in [1.82, 2.24) is 0 Å². The van der Waals surface area contributed by atoms with Gasteiger partial charge in [0.15, 0.2) is 5.72 Å². The van der Waals surface area contributed by atoms with Gasteiger partial charge >= 0.3 is 5.97 Å². The number of esters is 1. The Morgan fingerprint density at radius 1 is 1.12 bits per heavy atom. The highest BCUT2D eigenvalue weighted by atomic mass is 16.5. The first-order valence-corrected chi connectivity index (χ1v) is 7.96. The van der Waals surface area contributed by atoms with Crippen molar-refractivity contribution < 1.29 is 19.4 Å². The lowest BCUT2D eigenvalue weighted by Crippen LogP contribution is -2.43. The molecule has 0 spiro atoms. The van der Waals surface area contributed by atoms with E-state index in [0.29, 0.717) is 35.4 Å². The monoisotopic (exact) mass is 325 g/mol. The molecular formula is C19H19NO4. The number of rotatable bonds is 4. The molecule has 1 heterocycles. The maximum atomic E-state index is 12.8. The first-order valence-electron chi connectivity index (χ1n) is 7.96. The summed E-state index contributed by atoms with van der Waals surface area (Å²) >= 11 is 0. The summed E-state index contributed by atoms with van der Waals surface area (Å²) in [6.45, 7) is 3.87. The van der Waals surface area contributed by atoms with E-state index < -0.39 is 11.7 Å². The van der Waals surface area contributed by atoms with Crippen molar-refractivity contribution in [1.29, 1.82) is 0 Å². The summed E-state index contributed by atoms with van der Waals surface area (Å²) in [5.74, 6) is -0.662. The van der Waals surface area contributed by atoms with Crippen molar-refractivity contribution in [2.24, 2.45) is 0 Å². The van der Waals surface area contributed by atoms with Crippen molar-refractivity contribution in [3.8, 4) is 0 Å². The average Bonchev–Trinajstić information content (AvgIpc) is 2.84. The lowest BCUT2D eigenvalue weighted by Gasteiger charge is -2.33. The molecule has 5 heteroatoms. The summed E-state index contributed by atoms with van der Waals surface area (Å²) in [6.07, 6.45) is 0.357. The number of aliphatic hydroxyl groups is 1. The van der Waals surface area contributed by atoms with Gasteiger partial charge in [0.25, 0.3) is 5.91 Å². The van der Waals surface area contributed by atoms with E-state index in [9.17, 15) is 14.7 Å². The van der Waals surface area contributed by atoms with Crippen molar-refractivity contribution in [3.63, 3.8) is 0 Å². The lowest BCUT2D eigenvalue weighted by atomic mass is 9.99. The van der Waals surface area contributed by atoms with Gasteiger partial charge in [-0.15, -0.1) is 0 Å². The molecule has 1 N–H and O–H groups in total. The molecule has 0 saturated heterocycles. The van der Waals surface area contributed by atoms with Gasteiger partial charge in [-0.3, -0.25) is 9.69 Å². The van der Waals surface area contributed by atoms with Crippen LogP contribution in [0.25, 0.3) is 0 Å². The molecule has 1 aliphatic rings. The number of amides is 1. The molecule has 2 aromatic rings. The minimum Gasteiger partial charge on any atom is -0.462 e. The zero-order chi connectivity index (χ0) is 17.3. The summed E-state index contributed by atoms with van der Waals surface area (Å²) < 4.78 is 4.96. The molecule has 3 rings (SSSR count). The van der Waals surface area contributed by atoms with E-state index in [1.165, 1.54) is 4.90 Å². The Bertz CT molecular complexity index is 784. The van der Waals surface area contributed by atoms with Gasteiger partial charge in [0.2, 0.25) is 0 Å². The van der Waals surface area contributed by atoms with Crippen molar-refractivity contribution >= 4 is 17.6 Å². The van der Waals surface area contributed by atoms with Crippen molar-refractivity contribution in [2.75, 3.05) is 11.5 Å². The number of fused-ring (bicyclic) bond motifs is 1. The molecular weight excluding hydrogens is 306 g/mol. The second kappa shape index (κ2) is 6.09. The molecule has 1 unspecified atom stereocenters. The molecule has 0 aliphatic carbocycles. The highest BCUT2D eigenvalue weighted by molar-refractivity contribution is 6.11. The molecule has 1 atom stereocenters. The highest BCUT2D eigenvalue weighted by Crippen LogP contribution is 2.42. The van der Waals surface area contributed by atoms with Crippen LogP contribution in [0.2, 0.25) is 0 Å². The largest absolute Gasteiger partial charge is 0.462 e. The second-order valence-electron chi connectivity index (χ2n) is 5.62. The number of ether oxygens (including phenoxy) is 1. The van der Waals surface area contributed by atoms with E-state index in [1.807, 2.05) is 6.92 Å². The van der Waals surface area contributed by atoms with Gasteiger partial charge in [-0.25, -0.2) is 4.79 Å². The van der Waals surface area contributed by atoms with Crippen molar-refractivity contribution in [2.45, 2.75) is 26.0 Å². The summed E-state index contributed by atoms with van der Waals surface area (Å²) in [6, 6.07) is 13.6. The number of nitrogens with zero attached hydrogens (tertiary/aromatic N) is 1. The van der Waals surface area contributed by atoms with Gasteiger partial charge in [0, 0.05) is 16.8 Å². The van der Waals surface area contributed by atoms with E-state index in [1.54, 1.807) is 55.5 Å². The Balaban J connectivity index is 2.00. The molecule has 2 aromatic carbocycles.